The molecule has 0 radical (unpaired) electrons. The summed E-state index contributed by atoms with van der Waals surface area (Å²) in [5.41, 5.74) is 2.02. The van der Waals surface area contributed by atoms with Gasteiger partial charge in [-0.1, -0.05) is 5.21 Å². The van der Waals surface area contributed by atoms with Crippen LogP contribution in [0, 0.1) is 13.8 Å². The van der Waals surface area contributed by atoms with Crippen LogP contribution in [0.5, 0.6) is 0 Å². The van der Waals surface area contributed by atoms with Crippen molar-refractivity contribution in [2.45, 2.75) is 31.8 Å². The molecule has 0 atom stereocenters. The number of hydrogen-bond acceptors (Lipinski definition) is 5. The van der Waals surface area contributed by atoms with Crippen molar-refractivity contribution in [1.82, 2.24) is 29.5 Å². The largest absolute Gasteiger partial charge is 0.270 e. The first-order chi connectivity index (χ1) is 9.81. The number of aryl methyl sites for hydroxylation is 4. The maximum atomic E-state index is 12.2. The standard InChI is InChI=1S/C11H17BrN6O2S/c1-8-7-9(2)18(15-8)6-4-5-13-21(19,20)11-10(12)14-16-17(11)3/h7,13H,4-6H2,1-3H3. The topological polar surface area (TPSA) is 94.7 Å². The van der Waals surface area contributed by atoms with Crippen LogP contribution < -0.4 is 4.72 Å². The number of rotatable bonds is 6. The fourth-order valence-corrected chi connectivity index (χ4v) is 4.18. The zero-order valence-electron chi connectivity index (χ0n) is 12.0. The van der Waals surface area contributed by atoms with Crippen molar-refractivity contribution in [2.75, 3.05) is 6.54 Å². The summed E-state index contributed by atoms with van der Waals surface area (Å²) in [6.07, 6.45) is 0.643. The van der Waals surface area contributed by atoms with Gasteiger partial charge in [0.2, 0.25) is 5.03 Å². The first kappa shape index (κ1) is 16.1. The molecular weight excluding hydrogens is 360 g/mol. The highest BCUT2D eigenvalue weighted by molar-refractivity contribution is 9.10. The molecule has 0 saturated heterocycles. The fraction of sp³-hybridized carbons (Fsp3) is 0.545. The second kappa shape index (κ2) is 6.24. The molecule has 0 bridgehead atoms. The molecule has 2 aromatic rings. The lowest BCUT2D eigenvalue weighted by Gasteiger charge is -2.07. The molecule has 21 heavy (non-hydrogen) atoms. The fourth-order valence-electron chi connectivity index (χ4n) is 2.01. The second-order valence-corrected chi connectivity index (χ2v) is 7.14. The average molecular weight is 377 g/mol. The van der Waals surface area contributed by atoms with E-state index in [2.05, 4.69) is 36.1 Å². The third kappa shape index (κ3) is 3.69. The van der Waals surface area contributed by atoms with Gasteiger partial charge in [-0.2, -0.15) is 5.10 Å². The van der Waals surface area contributed by atoms with Gasteiger partial charge < -0.3 is 0 Å². The van der Waals surface area contributed by atoms with Crippen LogP contribution in [0.15, 0.2) is 15.7 Å². The number of nitrogens with zero attached hydrogens (tertiary/aromatic N) is 5. The van der Waals surface area contributed by atoms with Gasteiger partial charge in [-0.3, -0.25) is 4.68 Å². The van der Waals surface area contributed by atoms with E-state index in [-0.39, 0.29) is 9.63 Å². The molecule has 1 N–H and O–H groups in total. The molecule has 0 unspecified atom stereocenters. The molecule has 2 heterocycles. The zero-order chi connectivity index (χ0) is 15.6. The Labute approximate surface area is 131 Å². The molecule has 116 valence electrons. The first-order valence-corrected chi connectivity index (χ1v) is 8.65. The van der Waals surface area contributed by atoms with E-state index in [1.54, 1.807) is 0 Å². The average Bonchev–Trinajstić information content (AvgIpc) is 2.88. The van der Waals surface area contributed by atoms with Gasteiger partial charge in [0.05, 0.1) is 5.69 Å². The lowest BCUT2D eigenvalue weighted by Crippen LogP contribution is -2.27. The predicted octanol–water partition coefficient (Wildman–Crippen LogP) is 0.760. The predicted molar refractivity (Wildman–Crippen MR) is 80.2 cm³/mol. The lowest BCUT2D eigenvalue weighted by molar-refractivity contribution is 0.536. The van der Waals surface area contributed by atoms with Gasteiger partial charge in [0.15, 0.2) is 4.60 Å². The normalized spacial score (nSPS) is 12.0. The Hall–Kier alpha value is -1.26. The minimum absolute atomic E-state index is 0.0219. The maximum absolute atomic E-state index is 12.2. The van der Waals surface area contributed by atoms with E-state index in [4.69, 9.17) is 0 Å². The van der Waals surface area contributed by atoms with Crippen molar-refractivity contribution >= 4 is 26.0 Å². The van der Waals surface area contributed by atoms with Crippen molar-refractivity contribution in [2.24, 2.45) is 7.05 Å². The van der Waals surface area contributed by atoms with E-state index in [1.165, 1.54) is 11.7 Å². The van der Waals surface area contributed by atoms with Gasteiger partial charge >= 0.3 is 0 Å². The molecule has 2 aromatic heterocycles. The second-order valence-electron chi connectivity index (χ2n) is 4.71. The smallest absolute Gasteiger partial charge is 0.260 e. The minimum Gasteiger partial charge on any atom is -0.270 e. The van der Waals surface area contributed by atoms with Crippen LogP contribution in [0.2, 0.25) is 0 Å². The van der Waals surface area contributed by atoms with E-state index in [1.807, 2.05) is 24.6 Å². The number of halogens is 1. The Morgan fingerprint density at radius 1 is 1.38 bits per heavy atom. The summed E-state index contributed by atoms with van der Waals surface area (Å²) in [5.74, 6) is 0. The van der Waals surface area contributed by atoms with E-state index >= 15 is 0 Å². The third-order valence-electron chi connectivity index (χ3n) is 2.93. The molecule has 0 aliphatic rings. The Kier molecular flexibility index (Phi) is 4.79. The quantitative estimate of drug-likeness (QED) is 0.750. The molecule has 0 saturated carbocycles. The van der Waals surface area contributed by atoms with Crippen LogP contribution in [-0.4, -0.2) is 39.7 Å². The summed E-state index contributed by atoms with van der Waals surface area (Å²) in [6.45, 7) is 4.88. The monoisotopic (exact) mass is 376 g/mol. The van der Waals surface area contributed by atoms with Crippen molar-refractivity contribution in [3.63, 3.8) is 0 Å². The Balaban J connectivity index is 1.93. The van der Waals surface area contributed by atoms with E-state index < -0.39 is 10.0 Å². The summed E-state index contributed by atoms with van der Waals surface area (Å²) in [4.78, 5) is 0. The Bertz CT molecular complexity index is 716. The summed E-state index contributed by atoms with van der Waals surface area (Å²) in [5, 5.41) is 11.7. The molecule has 0 spiro atoms. The van der Waals surface area contributed by atoms with Crippen LogP contribution in [0.3, 0.4) is 0 Å². The molecule has 0 aliphatic heterocycles. The van der Waals surface area contributed by atoms with Crippen LogP contribution >= 0.6 is 15.9 Å². The summed E-state index contributed by atoms with van der Waals surface area (Å²) in [7, 11) is -2.10. The molecular formula is C11H17BrN6O2S. The van der Waals surface area contributed by atoms with Crippen LogP contribution in [0.25, 0.3) is 0 Å². The number of nitrogens with one attached hydrogen (secondary N) is 1. The molecule has 0 aliphatic carbocycles. The van der Waals surface area contributed by atoms with Gasteiger partial charge in [-0.15, -0.1) is 5.10 Å². The highest BCUT2D eigenvalue weighted by Gasteiger charge is 2.23. The lowest BCUT2D eigenvalue weighted by atomic mass is 10.4. The molecule has 0 amide bonds. The van der Waals surface area contributed by atoms with Gasteiger partial charge in [-0.05, 0) is 42.3 Å². The zero-order valence-corrected chi connectivity index (χ0v) is 14.4. The summed E-state index contributed by atoms with van der Waals surface area (Å²) in [6, 6.07) is 1.99. The highest BCUT2D eigenvalue weighted by atomic mass is 79.9. The van der Waals surface area contributed by atoms with E-state index in [0.717, 1.165) is 11.4 Å². The molecule has 10 heteroatoms. The van der Waals surface area contributed by atoms with Crippen molar-refractivity contribution in [1.29, 1.82) is 0 Å². The van der Waals surface area contributed by atoms with Gasteiger partial charge in [0.25, 0.3) is 10.0 Å². The van der Waals surface area contributed by atoms with E-state index in [0.29, 0.717) is 19.5 Å². The Morgan fingerprint density at radius 2 is 2.10 bits per heavy atom. The van der Waals surface area contributed by atoms with Gasteiger partial charge in [0, 0.05) is 25.8 Å². The van der Waals surface area contributed by atoms with Crippen LogP contribution in [-0.2, 0) is 23.6 Å². The molecule has 2 rings (SSSR count). The van der Waals surface area contributed by atoms with Gasteiger partial charge in [-0.25, -0.2) is 17.8 Å². The SMILES string of the molecule is Cc1cc(C)n(CCCNS(=O)(=O)c2c(Br)nnn2C)n1. The highest BCUT2D eigenvalue weighted by Crippen LogP contribution is 2.17. The number of hydrogen-bond donors (Lipinski definition) is 1. The minimum atomic E-state index is -3.63. The van der Waals surface area contributed by atoms with Crippen molar-refractivity contribution in [3.8, 4) is 0 Å². The molecule has 0 fully saturated rings. The van der Waals surface area contributed by atoms with Crippen molar-refractivity contribution in [3.05, 3.63) is 22.1 Å². The molecule has 0 aromatic carbocycles. The number of aromatic nitrogens is 5. The van der Waals surface area contributed by atoms with Crippen molar-refractivity contribution < 1.29 is 8.42 Å². The van der Waals surface area contributed by atoms with Gasteiger partial charge in [0.1, 0.15) is 0 Å². The molecule has 8 nitrogen and oxygen atoms in total. The third-order valence-corrected chi connectivity index (χ3v) is 5.28. The van der Waals surface area contributed by atoms with E-state index in [9.17, 15) is 8.42 Å². The van der Waals surface area contributed by atoms with Crippen LogP contribution in [0.4, 0.5) is 0 Å². The summed E-state index contributed by atoms with van der Waals surface area (Å²) >= 11 is 3.08. The van der Waals surface area contributed by atoms with Crippen LogP contribution in [0.1, 0.15) is 17.8 Å². The number of sulfonamides is 1. The first-order valence-electron chi connectivity index (χ1n) is 6.37. The Morgan fingerprint density at radius 3 is 2.62 bits per heavy atom. The maximum Gasteiger partial charge on any atom is 0.260 e. The summed E-state index contributed by atoms with van der Waals surface area (Å²) < 4.78 is 30.1.